The van der Waals surface area contributed by atoms with E-state index in [-0.39, 0.29) is 5.01 Å². The Hall–Kier alpha value is -0.0700. The molecule has 0 spiro atoms. The quantitative estimate of drug-likeness (QED) is 0.826. The number of aryl methyl sites for hydroxylation is 1. The zero-order chi connectivity index (χ0) is 9.35. The highest BCUT2D eigenvalue weighted by Gasteiger charge is 2.37. The van der Waals surface area contributed by atoms with Gasteiger partial charge in [0.15, 0.2) is 6.10 Å². The van der Waals surface area contributed by atoms with Gasteiger partial charge in [0.2, 0.25) is 0 Å². The second kappa shape index (κ2) is 3.35. The van der Waals surface area contributed by atoms with Gasteiger partial charge in [0.1, 0.15) is 5.01 Å². The summed E-state index contributed by atoms with van der Waals surface area (Å²) in [6, 6.07) is 0. The maximum Gasteiger partial charge on any atom is 0.333 e. The average Bonchev–Trinajstić information content (AvgIpc) is 2.32. The number of aromatic nitrogens is 1. The smallest absolute Gasteiger partial charge is 0.333 e. The van der Waals surface area contributed by atoms with Gasteiger partial charge in [0.25, 0.3) is 0 Å². The summed E-state index contributed by atoms with van der Waals surface area (Å²) in [5.41, 5.74) is 0. The first-order valence-corrected chi connectivity index (χ1v) is 4.69. The van der Waals surface area contributed by atoms with Crippen LogP contribution in [0.3, 0.4) is 0 Å². The van der Waals surface area contributed by atoms with Crippen molar-refractivity contribution in [2.75, 3.05) is 0 Å². The highest BCUT2D eigenvalue weighted by molar-refractivity contribution is 9.10. The van der Waals surface area contributed by atoms with Gasteiger partial charge < -0.3 is 5.11 Å². The van der Waals surface area contributed by atoms with Crippen molar-refractivity contribution in [1.82, 2.24) is 4.98 Å². The largest absolute Gasteiger partial charge is 0.379 e. The summed E-state index contributed by atoms with van der Waals surface area (Å²) in [4.78, 5) is 1.12. The number of rotatable bonds is 2. The van der Waals surface area contributed by atoms with Gasteiger partial charge in [0, 0.05) is 11.1 Å². The minimum atomic E-state index is -3.31. The zero-order valence-corrected chi connectivity index (χ0v) is 8.49. The fourth-order valence-corrected chi connectivity index (χ4v) is 1.81. The minimum absolute atomic E-state index is 0.0226. The van der Waals surface area contributed by atoms with Crippen LogP contribution in [-0.4, -0.2) is 14.9 Å². The lowest BCUT2D eigenvalue weighted by atomic mass is 10.4. The van der Waals surface area contributed by atoms with Crippen molar-refractivity contribution in [3.63, 3.8) is 0 Å². The Balaban J connectivity index is 2.85. The van der Waals surface area contributed by atoms with Crippen molar-refractivity contribution >= 4 is 27.3 Å². The lowest BCUT2D eigenvalue weighted by molar-refractivity contribution is -0.0295. The molecular weight excluding hydrogens is 252 g/mol. The van der Waals surface area contributed by atoms with E-state index in [1.165, 1.54) is 6.20 Å². The molecule has 1 atom stereocenters. The summed E-state index contributed by atoms with van der Waals surface area (Å²) < 4.78 is 24.9. The van der Waals surface area contributed by atoms with Crippen LogP contribution in [-0.2, 0) is 0 Å². The van der Waals surface area contributed by atoms with E-state index in [2.05, 4.69) is 20.9 Å². The molecule has 1 aromatic rings. The zero-order valence-electron chi connectivity index (χ0n) is 6.09. The predicted molar refractivity (Wildman–Crippen MR) is 45.7 cm³/mol. The molecule has 1 unspecified atom stereocenters. The Bertz CT molecular complexity index is 273. The lowest BCUT2D eigenvalue weighted by Crippen LogP contribution is -2.17. The van der Waals surface area contributed by atoms with Crippen LogP contribution in [0.15, 0.2) is 6.20 Å². The van der Waals surface area contributed by atoms with Gasteiger partial charge in [-0.25, -0.2) is 4.98 Å². The molecule has 0 aliphatic rings. The van der Waals surface area contributed by atoms with Gasteiger partial charge >= 0.3 is 4.83 Å². The third-order valence-corrected chi connectivity index (χ3v) is 2.58. The number of aliphatic hydroxyl groups excluding tert-OH is 1. The predicted octanol–water partition coefficient (Wildman–Crippen LogP) is 2.47. The minimum Gasteiger partial charge on any atom is -0.379 e. The van der Waals surface area contributed by atoms with Gasteiger partial charge in [-0.3, -0.25) is 0 Å². The third kappa shape index (κ3) is 2.21. The third-order valence-electron chi connectivity index (χ3n) is 1.18. The molecule has 0 saturated heterocycles. The van der Waals surface area contributed by atoms with E-state index in [0.29, 0.717) is 0 Å². The summed E-state index contributed by atoms with van der Waals surface area (Å²) in [6.07, 6.45) is -0.418. The van der Waals surface area contributed by atoms with Crippen LogP contribution < -0.4 is 0 Å². The van der Waals surface area contributed by atoms with Crippen LogP contribution in [0.5, 0.6) is 0 Å². The summed E-state index contributed by atoms with van der Waals surface area (Å²) >= 11 is 3.12. The number of aliphatic hydroxyl groups is 1. The van der Waals surface area contributed by atoms with Crippen molar-refractivity contribution in [2.24, 2.45) is 0 Å². The van der Waals surface area contributed by atoms with Crippen LogP contribution in [0, 0.1) is 6.92 Å². The molecule has 0 saturated carbocycles. The Morgan fingerprint density at radius 1 is 1.75 bits per heavy atom. The van der Waals surface area contributed by atoms with E-state index in [1.54, 1.807) is 6.92 Å². The molecule has 0 aliphatic carbocycles. The molecule has 0 radical (unpaired) electrons. The fraction of sp³-hybridized carbons (Fsp3) is 0.500. The summed E-state index contributed by atoms with van der Waals surface area (Å²) in [5.74, 6) is 0. The monoisotopic (exact) mass is 257 g/mol. The lowest BCUT2D eigenvalue weighted by Gasteiger charge is -2.12. The number of hydrogen-bond acceptors (Lipinski definition) is 3. The average molecular weight is 258 g/mol. The van der Waals surface area contributed by atoms with Crippen LogP contribution >= 0.6 is 27.3 Å². The molecule has 1 rings (SSSR count). The number of nitrogens with zero attached hydrogens (tertiary/aromatic N) is 1. The van der Waals surface area contributed by atoms with Gasteiger partial charge in [-0.1, -0.05) is 0 Å². The number of halogens is 3. The van der Waals surface area contributed by atoms with E-state index in [1.807, 2.05) is 0 Å². The molecule has 0 bridgehead atoms. The molecule has 1 heterocycles. The van der Waals surface area contributed by atoms with Crippen molar-refractivity contribution in [3.05, 3.63) is 16.1 Å². The standard InChI is InChI=1S/C6H6BrF2NOS/c1-3-2-10-5(12-3)4(11)6(7,8)9/h2,4,11H,1H3. The molecule has 68 valence electrons. The van der Waals surface area contributed by atoms with Crippen molar-refractivity contribution in [2.45, 2.75) is 17.9 Å². The molecule has 1 aromatic heterocycles. The van der Waals surface area contributed by atoms with Crippen molar-refractivity contribution in [1.29, 1.82) is 0 Å². The van der Waals surface area contributed by atoms with Crippen molar-refractivity contribution in [3.8, 4) is 0 Å². The molecule has 0 fully saturated rings. The topological polar surface area (TPSA) is 33.1 Å². The first-order valence-electron chi connectivity index (χ1n) is 3.08. The summed E-state index contributed by atoms with van der Waals surface area (Å²) in [7, 11) is 0. The van der Waals surface area contributed by atoms with Crippen LogP contribution in [0.1, 0.15) is 16.0 Å². The maximum absolute atomic E-state index is 12.4. The first-order chi connectivity index (χ1) is 5.41. The van der Waals surface area contributed by atoms with Crippen LogP contribution in [0.4, 0.5) is 8.78 Å². The summed E-state index contributed by atoms with van der Waals surface area (Å²) in [5, 5.41) is 9.04. The normalized spacial score (nSPS) is 14.8. The fourth-order valence-electron chi connectivity index (χ4n) is 0.639. The highest BCUT2D eigenvalue weighted by Crippen LogP contribution is 2.37. The van der Waals surface area contributed by atoms with E-state index in [4.69, 9.17) is 5.11 Å². The highest BCUT2D eigenvalue weighted by atomic mass is 79.9. The van der Waals surface area contributed by atoms with Crippen LogP contribution in [0.25, 0.3) is 0 Å². The molecule has 0 aromatic carbocycles. The van der Waals surface area contributed by atoms with Crippen molar-refractivity contribution < 1.29 is 13.9 Å². The van der Waals surface area contributed by atoms with Gasteiger partial charge in [0.05, 0.1) is 0 Å². The Morgan fingerprint density at radius 2 is 2.33 bits per heavy atom. The van der Waals surface area contributed by atoms with E-state index < -0.39 is 10.9 Å². The number of thiazole rings is 1. The Morgan fingerprint density at radius 3 is 2.67 bits per heavy atom. The number of alkyl halides is 3. The maximum atomic E-state index is 12.4. The second-order valence-electron chi connectivity index (χ2n) is 2.25. The van der Waals surface area contributed by atoms with E-state index in [0.717, 1.165) is 16.2 Å². The van der Waals surface area contributed by atoms with E-state index >= 15 is 0 Å². The Kier molecular flexibility index (Phi) is 2.80. The first kappa shape index (κ1) is 10.0. The Labute approximate surface area is 80.4 Å². The van der Waals surface area contributed by atoms with Gasteiger partial charge in [-0.15, -0.1) is 11.3 Å². The van der Waals surface area contributed by atoms with Crippen LogP contribution in [0.2, 0.25) is 0 Å². The molecule has 6 heteroatoms. The molecule has 2 nitrogen and oxygen atoms in total. The molecular formula is C6H6BrF2NOS. The SMILES string of the molecule is Cc1cnc(C(O)C(F)(F)Br)s1. The van der Waals surface area contributed by atoms with E-state index in [9.17, 15) is 8.78 Å². The van der Waals surface area contributed by atoms with Gasteiger partial charge in [-0.2, -0.15) is 8.78 Å². The summed E-state index contributed by atoms with van der Waals surface area (Å²) in [6.45, 7) is 1.74. The second-order valence-corrected chi connectivity index (χ2v) is 4.58. The molecule has 1 N–H and O–H groups in total. The molecule has 0 aliphatic heterocycles. The molecule has 12 heavy (non-hydrogen) atoms. The number of hydrogen-bond donors (Lipinski definition) is 1. The van der Waals surface area contributed by atoms with Gasteiger partial charge in [-0.05, 0) is 22.9 Å². The molecule has 0 amide bonds.